The van der Waals surface area contributed by atoms with E-state index in [0.29, 0.717) is 38.3 Å². The zero-order chi connectivity index (χ0) is 20.1. The van der Waals surface area contributed by atoms with Crippen molar-refractivity contribution in [3.63, 3.8) is 0 Å². The second-order valence-electron chi connectivity index (χ2n) is 5.62. The molecule has 0 fully saturated rings. The molecular formula is C19H15Cl3N4OS. The molecule has 3 rings (SSSR count). The summed E-state index contributed by atoms with van der Waals surface area (Å²) in [5.74, 6) is 0.508. The maximum atomic E-state index is 12.3. The lowest BCUT2D eigenvalue weighted by molar-refractivity contribution is -0.113. The number of nitrogens with one attached hydrogen (secondary N) is 1. The van der Waals surface area contributed by atoms with Crippen LogP contribution < -0.4 is 5.32 Å². The van der Waals surface area contributed by atoms with Crippen LogP contribution in [0.15, 0.2) is 60.3 Å². The molecule has 1 amide bonds. The Hall–Kier alpha value is -1.99. The Bertz CT molecular complexity index is 1020. The van der Waals surface area contributed by atoms with Gasteiger partial charge >= 0.3 is 0 Å². The lowest BCUT2D eigenvalue weighted by Crippen LogP contribution is -2.15. The number of thioether (sulfide) groups is 1. The molecule has 0 radical (unpaired) electrons. The highest BCUT2D eigenvalue weighted by Crippen LogP contribution is 2.31. The van der Waals surface area contributed by atoms with Gasteiger partial charge < -0.3 is 5.32 Å². The Morgan fingerprint density at radius 3 is 2.61 bits per heavy atom. The van der Waals surface area contributed by atoms with Crippen molar-refractivity contribution >= 4 is 58.2 Å². The zero-order valence-corrected chi connectivity index (χ0v) is 17.6. The summed E-state index contributed by atoms with van der Waals surface area (Å²) in [4.78, 5) is 12.3. The molecular weight excluding hydrogens is 439 g/mol. The van der Waals surface area contributed by atoms with Crippen molar-refractivity contribution < 1.29 is 4.79 Å². The molecule has 0 spiro atoms. The van der Waals surface area contributed by atoms with E-state index in [4.69, 9.17) is 34.8 Å². The molecule has 0 bridgehead atoms. The van der Waals surface area contributed by atoms with Gasteiger partial charge in [-0.25, -0.2) is 0 Å². The van der Waals surface area contributed by atoms with E-state index in [0.717, 1.165) is 5.56 Å². The number of amides is 1. The summed E-state index contributed by atoms with van der Waals surface area (Å²) in [5.41, 5.74) is 1.23. The highest BCUT2D eigenvalue weighted by Gasteiger charge is 2.17. The fourth-order valence-electron chi connectivity index (χ4n) is 2.45. The lowest BCUT2D eigenvalue weighted by Gasteiger charge is -2.10. The zero-order valence-electron chi connectivity index (χ0n) is 14.5. The summed E-state index contributed by atoms with van der Waals surface area (Å²) in [5, 5.41) is 13.0. The van der Waals surface area contributed by atoms with Crippen molar-refractivity contribution in [3.8, 4) is 11.4 Å². The number of carbonyl (C=O) groups excluding carboxylic acids is 1. The SMILES string of the molecule is C=CCn1c(SCC(=O)Nc2cccc(Cl)c2Cl)nnc1-c1ccccc1Cl. The quantitative estimate of drug-likeness (QED) is 0.361. The van der Waals surface area contributed by atoms with Crippen LogP contribution in [0.5, 0.6) is 0 Å². The van der Waals surface area contributed by atoms with Gasteiger partial charge in [0.15, 0.2) is 11.0 Å². The van der Waals surface area contributed by atoms with Gasteiger partial charge in [-0.1, -0.05) is 70.8 Å². The lowest BCUT2D eigenvalue weighted by atomic mass is 10.2. The number of anilines is 1. The highest BCUT2D eigenvalue weighted by molar-refractivity contribution is 7.99. The Morgan fingerprint density at radius 2 is 1.86 bits per heavy atom. The normalized spacial score (nSPS) is 10.7. The van der Waals surface area contributed by atoms with Crippen molar-refractivity contribution in [1.82, 2.24) is 14.8 Å². The molecule has 144 valence electrons. The van der Waals surface area contributed by atoms with Crippen LogP contribution in [0.25, 0.3) is 11.4 Å². The van der Waals surface area contributed by atoms with E-state index in [1.54, 1.807) is 30.3 Å². The van der Waals surface area contributed by atoms with Crippen LogP contribution in [0.2, 0.25) is 15.1 Å². The van der Waals surface area contributed by atoms with E-state index in [1.807, 2.05) is 22.8 Å². The molecule has 0 aliphatic heterocycles. The summed E-state index contributed by atoms with van der Waals surface area (Å²) in [6, 6.07) is 12.4. The molecule has 5 nitrogen and oxygen atoms in total. The van der Waals surface area contributed by atoms with Crippen LogP contribution in [0.3, 0.4) is 0 Å². The van der Waals surface area contributed by atoms with Crippen LogP contribution in [0.1, 0.15) is 0 Å². The minimum absolute atomic E-state index is 0.126. The van der Waals surface area contributed by atoms with Crippen LogP contribution in [0.4, 0.5) is 5.69 Å². The average Bonchev–Trinajstić information content (AvgIpc) is 3.07. The maximum absolute atomic E-state index is 12.3. The van der Waals surface area contributed by atoms with Crippen molar-refractivity contribution in [2.45, 2.75) is 11.7 Å². The molecule has 2 aromatic carbocycles. The van der Waals surface area contributed by atoms with Gasteiger partial charge in [-0.05, 0) is 24.3 Å². The van der Waals surface area contributed by atoms with Gasteiger partial charge in [-0.2, -0.15) is 0 Å². The molecule has 1 aromatic heterocycles. The third kappa shape index (κ3) is 4.70. The molecule has 0 aliphatic carbocycles. The van der Waals surface area contributed by atoms with Gasteiger partial charge in [0.2, 0.25) is 5.91 Å². The second-order valence-corrected chi connectivity index (χ2v) is 7.76. The highest BCUT2D eigenvalue weighted by atomic mass is 35.5. The number of aromatic nitrogens is 3. The predicted molar refractivity (Wildman–Crippen MR) is 116 cm³/mol. The van der Waals surface area contributed by atoms with Crippen LogP contribution >= 0.6 is 46.6 Å². The largest absolute Gasteiger partial charge is 0.324 e. The van der Waals surface area contributed by atoms with Crippen LogP contribution in [0, 0.1) is 0 Å². The summed E-state index contributed by atoms with van der Waals surface area (Å²) in [6.07, 6.45) is 1.74. The Balaban J connectivity index is 1.75. The molecule has 0 atom stereocenters. The van der Waals surface area contributed by atoms with E-state index in [1.165, 1.54) is 11.8 Å². The van der Waals surface area contributed by atoms with Gasteiger partial charge in [-0.3, -0.25) is 9.36 Å². The van der Waals surface area contributed by atoms with Crippen molar-refractivity contribution in [2.75, 3.05) is 11.1 Å². The fourth-order valence-corrected chi connectivity index (χ4v) is 3.76. The molecule has 0 aliphatic rings. The van der Waals surface area contributed by atoms with Crippen molar-refractivity contribution in [2.24, 2.45) is 0 Å². The van der Waals surface area contributed by atoms with Gasteiger partial charge in [0, 0.05) is 12.1 Å². The fraction of sp³-hybridized carbons (Fsp3) is 0.105. The minimum Gasteiger partial charge on any atom is -0.324 e. The molecule has 0 unspecified atom stereocenters. The number of rotatable bonds is 7. The van der Waals surface area contributed by atoms with E-state index < -0.39 is 0 Å². The Labute approximate surface area is 181 Å². The predicted octanol–water partition coefficient (Wildman–Crippen LogP) is 5.82. The number of carbonyl (C=O) groups is 1. The number of halogens is 3. The van der Waals surface area contributed by atoms with Crippen molar-refractivity contribution in [3.05, 3.63) is 70.2 Å². The molecule has 1 N–H and O–H groups in total. The first kappa shape index (κ1) is 20.7. The first-order valence-electron chi connectivity index (χ1n) is 8.17. The van der Waals surface area contributed by atoms with Gasteiger partial charge in [0.25, 0.3) is 0 Å². The molecule has 1 heterocycles. The standard InChI is InChI=1S/C19H15Cl3N4OS/c1-2-10-26-18(12-6-3-4-7-13(12)20)24-25-19(26)28-11-16(27)23-15-9-5-8-14(21)17(15)22/h2-9H,1,10-11H2,(H,23,27). The monoisotopic (exact) mass is 452 g/mol. The number of benzene rings is 2. The van der Waals surface area contributed by atoms with Crippen LogP contribution in [-0.2, 0) is 11.3 Å². The minimum atomic E-state index is -0.235. The smallest absolute Gasteiger partial charge is 0.234 e. The average molecular weight is 454 g/mol. The maximum Gasteiger partial charge on any atom is 0.234 e. The van der Waals surface area contributed by atoms with E-state index in [9.17, 15) is 4.79 Å². The molecule has 0 saturated heterocycles. The van der Waals surface area contributed by atoms with E-state index >= 15 is 0 Å². The first-order chi connectivity index (χ1) is 13.5. The van der Waals surface area contributed by atoms with Gasteiger partial charge in [-0.15, -0.1) is 16.8 Å². The summed E-state index contributed by atoms with van der Waals surface area (Å²) in [6.45, 7) is 4.26. The van der Waals surface area contributed by atoms with E-state index in [2.05, 4.69) is 22.1 Å². The topological polar surface area (TPSA) is 59.8 Å². The van der Waals surface area contributed by atoms with Crippen LogP contribution in [-0.4, -0.2) is 26.4 Å². The number of allylic oxidation sites excluding steroid dienone is 1. The van der Waals surface area contributed by atoms with Crippen molar-refractivity contribution in [1.29, 1.82) is 0 Å². The Kier molecular flexibility index (Phi) is 7.02. The number of hydrogen-bond donors (Lipinski definition) is 1. The molecule has 3 aromatic rings. The second kappa shape index (κ2) is 9.47. The van der Waals surface area contributed by atoms with Gasteiger partial charge in [0.1, 0.15) is 0 Å². The third-order valence-corrected chi connectivity index (χ3v) is 5.82. The summed E-state index contributed by atoms with van der Waals surface area (Å²) >= 11 is 19.6. The number of nitrogens with zero attached hydrogens (tertiary/aromatic N) is 3. The Morgan fingerprint density at radius 1 is 1.11 bits per heavy atom. The molecule has 9 heteroatoms. The number of hydrogen-bond acceptors (Lipinski definition) is 4. The third-order valence-electron chi connectivity index (χ3n) is 3.70. The summed E-state index contributed by atoms with van der Waals surface area (Å²) < 4.78 is 1.86. The van der Waals surface area contributed by atoms with E-state index in [-0.39, 0.29) is 11.7 Å². The van der Waals surface area contributed by atoms with Gasteiger partial charge in [0.05, 0.1) is 26.5 Å². The molecule has 28 heavy (non-hydrogen) atoms. The molecule has 0 saturated carbocycles. The summed E-state index contributed by atoms with van der Waals surface area (Å²) in [7, 11) is 0. The first-order valence-corrected chi connectivity index (χ1v) is 10.3.